The number of nitrogens with one attached hydrogen (secondary N) is 2. The van der Waals surface area contributed by atoms with Gasteiger partial charge in [0.05, 0.1) is 12.6 Å². The highest BCUT2D eigenvalue weighted by Crippen LogP contribution is 2.18. The van der Waals surface area contributed by atoms with Gasteiger partial charge in [-0.2, -0.15) is 0 Å². The lowest BCUT2D eigenvalue weighted by Crippen LogP contribution is -2.43. The van der Waals surface area contributed by atoms with Crippen molar-refractivity contribution in [3.8, 4) is 5.75 Å². The van der Waals surface area contributed by atoms with Gasteiger partial charge in [-0.25, -0.2) is 0 Å². The average Bonchev–Trinajstić information content (AvgIpc) is 2.90. The Balaban J connectivity index is 1.75. The number of carbonyl (C=O) groups is 1. The monoisotopic (exact) mass is 326 g/mol. The smallest absolute Gasteiger partial charge is 0.237 e. The first-order valence-electron chi connectivity index (χ1n) is 6.58. The molecule has 1 amide bonds. The minimum atomic E-state index is -0.0559. The number of hydrogen-bond acceptors (Lipinski definition) is 3. The van der Waals surface area contributed by atoms with Crippen molar-refractivity contribution >= 4 is 21.8 Å². The van der Waals surface area contributed by atoms with E-state index in [1.165, 1.54) is 0 Å². The maximum atomic E-state index is 11.8. The van der Waals surface area contributed by atoms with Gasteiger partial charge < -0.3 is 15.4 Å². The van der Waals surface area contributed by atoms with Gasteiger partial charge in [-0.3, -0.25) is 4.79 Å². The molecule has 0 saturated carbocycles. The second-order valence-corrected chi connectivity index (χ2v) is 5.70. The molecule has 1 heterocycles. The number of rotatable bonds is 5. The van der Waals surface area contributed by atoms with Crippen LogP contribution in [0.1, 0.15) is 19.8 Å². The first-order valence-corrected chi connectivity index (χ1v) is 7.38. The molecule has 1 aliphatic heterocycles. The lowest BCUT2D eigenvalue weighted by atomic mass is 10.2. The van der Waals surface area contributed by atoms with Gasteiger partial charge in [-0.05, 0) is 44.5 Å². The minimum absolute atomic E-state index is 0.0296. The van der Waals surface area contributed by atoms with Crippen LogP contribution in [0.15, 0.2) is 28.7 Å². The van der Waals surface area contributed by atoms with Crippen molar-refractivity contribution in [2.45, 2.75) is 31.9 Å². The molecule has 104 valence electrons. The lowest BCUT2D eigenvalue weighted by Gasteiger charge is -2.17. The van der Waals surface area contributed by atoms with Crippen molar-refractivity contribution in [1.82, 2.24) is 10.6 Å². The summed E-state index contributed by atoms with van der Waals surface area (Å²) in [6.07, 6.45) is 1.94. The fourth-order valence-electron chi connectivity index (χ4n) is 2.09. The Bertz CT molecular complexity index is 433. The summed E-state index contributed by atoms with van der Waals surface area (Å²) in [5.74, 6) is 0.873. The first-order chi connectivity index (χ1) is 9.15. The zero-order valence-corrected chi connectivity index (χ0v) is 12.6. The molecule has 1 fully saturated rings. The second kappa shape index (κ2) is 6.91. The molecule has 1 aromatic carbocycles. The van der Waals surface area contributed by atoms with E-state index in [0.717, 1.165) is 29.6 Å². The van der Waals surface area contributed by atoms with Crippen molar-refractivity contribution in [3.05, 3.63) is 28.7 Å². The topological polar surface area (TPSA) is 50.4 Å². The molecule has 4 nitrogen and oxygen atoms in total. The highest BCUT2D eigenvalue weighted by atomic mass is 79.9. The van der Waals surface area contributed by atoms with Crippen LogP contribution in [-0.2, 0) is 4.79 Å². The molecule has 19 heavy (non-hydrogen) atoms. The van der Waals surface area contributed by atoms with E-state index in [1.54, 1.807) is 0 Å². The number of benzene rings is 1. The quantitative estimate of drug-likeness (QED) is 0.871. The molecule has 1 aliphatic rings. The fraction of sp³-hybridized carbons (Fsp3) is 0.500. The van der Waals surface area contributed by atoms with Gasteiger partial charge in [0.15, 0.2) is 0 Å². The van der Waals surface area contributed by atoms with Crippen LogP contribution in [0, 0.1) is 0 Å². The van der Waals surface area contributed by atoms with Crippen LogP contribution in [-0.4, -0.2) is 31.1 Å². The Labute approximate surface area is 122 Å². The SMILES string of the molecule is C[C@H](CNC(=O)[C@@H]1CCCN1)Oc1cccc(Br)c1. The average molecular weight is 327 g/mol. The van der Waals surface area contributed by atoms with Gasteiger partial charge in [-0.15, -0.1) is 0 Å². The van der Waals surface area contributed by atoms with Crippen molar-refractivity contribution in [1.29, 1.82) is 0 Å². The molecule has 0 aromatic heterocycles. The van der Waals surface area contributed by atoms with Crippen LogP contribution >= 0.6 is 15.9 Å². The van der Waals surface area contributed by atoms with E-state index in [2.05, 4.69) is 26.6 Å². The molecule has 0 aliphatic carbocycles. The molecule has 0 spiro atoms. The Morgan fingerprint density at radius 2 is 2.47 bits per heavy atom. The zero-order chi connectivity index (χ0) is 13.7. The van der Waals surface area contributed by atoms with Crippen LogP contribution in [0.3, 0.4) is 0 Å². The molecule has 0 unspecified atom stereocenters. The first kappa shape index (κ1) is 14.3. The van der Waals surface area contributed by atoms with Crippen LogP contribution in [0.25, 0.3) is 0 Å². The summed E-state index contributed by atoms with van der Waals surface area (Å²) in [5.41, 5.74) is 0. The summed E-state index contributed by atoms with van der Waals surface area (Å²) in [5, 5.41) is 6.10. The zero-order valence-electron chi connectivity index (χ0n) is 11.0. The maximum Gasteiger partial charge on any atom is 0.237 e. The predicted molar refractivity (Wildman–Crippen MR) is 78.3 cm³/mol. The summed E-state index contributed by atoms with van der Waals surface area (Å²) in [7, 11) is 0. The van der Waals surface area contributed by atoms with Crippen molar-refractivity contribution < 1.29 is 9.53 Å². The van der Waals surface area contributed by atoms with Gasteiger partial charge in [0.2, 0.25) is 5.91 Å². The summed E-state index contributed by atoms with van der Waals surface area (Å²) in [6.45, 7) is 3.40. The third kappa shape index (κ3) is 4.51. The largest absolute Gasteiger partial charge is 0.489 e. The van der Waals surface area contributed by atoms with Crippen molar-refractivity contribution in [2.75, 3.05) is 13.1 Å². The number of hydrogen-bond donors (Lipinski definition) is 2. The van der Waals surface area contributed by atoms with Crippen molar-refractivity contribution in [2.24, 2.45) is 0 Å². The van der Waals surface area contributed by atoms with Crippen LogP contribution < -0.4 is 15.4 Å². The Hall–Kier alpha value is -1.07. The molecular weight excluding hydrogens is 308 g/mol. The minimum Gasteiger partial charge on any atom is -0.489 e. The van der Waals surface area contributed by atoms with Gasteiger partial charge in [0, 0.05) is 4.47 Å². The summed E-state index contributed by atoms with van der Waals surface area (Å²) in [6, 6.07) is 7.66. The fourth-order valence-corrected chi connectivity index (χ4v) is 2.47. The lowest BCUT2D eigenvalue weighted by molar-refractivity contribution is -0.123. The molecule has 2 atom stereocenters. The molecule has 2 N–H and O–H groups in total. The highest BCUT2D eigenvalue weighted by Gasteiger charge is 2.21. The number of carbonyl (C=O) groups excluding carboxylic acids is 1. The summed E-state index contributed by atoms with van der Waals surface area (Å²) in [4.78, 5) is 11.8. The Morgan fingerprint density at radius 3 is 3.16 bits per heavy atom. The van der Waals surface area contributed by atoms with E-state index in [4.69, 9.17) is 4.74 Å². The second-order valence-electron chi connectivity index (χ2n) is 4.78. The van der Waals surface area contributed by atoms with E-state index >= 15 is 0 Å². The number of ether oxygens (including phenoxy) is 1. The van der Waals surface area contributed by atoms with Crippen LogP contribution in [0.5, 0.6) is 5.75 Å². The molecule has 1 aromatic rings. The number of amides is 1. The van der Waals surface area contributed by atoms with E-state index in [0.29, 0.717) is 6.54 Å². The molecular formula is C14H19BrN2O2. The molecule has 0 bridgehead atoms. The van der Waals surface area contributed by atoms with Gasteiger partial charge >= 0.3 is 0 Å². The number of halogens is 1. The molecule has 5 heteroatoms. The summed E-state index contributed by atoms with van der Waals surface area (Å²) >= 11 is 3.40. The molecule has 2 rings (SSSR count). The van der Waals surface area contributed by atoms with Crippen LogP contribution in [0.4, 0.5) is 0 Å². The van der Waals surface area contributed by atoms with Crippen molar-refractivity contribution in [3.63, 3.8) is 0 Å². The maximum absolute atomic E-state index is 11.8. The highest BCUT2D eigenvalue weighted by molar-refractivity contribution is 9.10. The van der Waals surface area contributed by atoms with Gasteiger partial charge in [0.1, 0.15) is 11.9 Å². The molecule has 0 radical (unpaired) electrons. The van der Waals surface area contributed by atoms with E-state index in [1.807, 2.05) is 31.2 Å². The standard InChI is InChI=1S/C14H19BrN2O2/c1-10(19-12-5-2-4-11(15)8-12)9-17-14(18)13-6-3-7-16-13/h2,4-5,8,10,13,16H,3,6-7,9H2,1H3,(H,17,18)/t10-,13+/m1/s1. The third-order valence-corrected chi connectivity index (χ3v) is 3.57. The Morgan fingerprint density at radius 1 is 1.63 bits per heavy atom. The predicted octanol–water partition coefficient (Wildman–Crippen LogP) is 2.08. The Kier molecular flexibility index (Phi) is 5.22. The van der Waals surface area contributed by atoms with E-state index in [-0.39, 0.29) is 18.1 Å². The normalized spacial score (nSPS) is 20.0. The van der Waals surface area contributed by atoms with E-state index < -0.39 is 0 Å². The summed E-state index contributed by atoms with van der Waals surface area (Å²) < 4.78 is 6.73. The van der Waals surface area contributed by atoms with E-state index in [9.17, 15) is 4.79 Å². The van der Waals surface area contributed by atoms with Crippen LogP contribution in [0.2, 0.25) is 0 Å². The van der Waals surface area contributed by atoms with Gasteiger partial charge in [-0.1, -0.05) is 22.0 Å². The molecule has 1 saturated heterocycles. The van der Waals surface area contributed by atoms with Gasteiger partial charge in [0.25, 0.3) is 0 Å². The third-order valence-electron chi connectivity index (χ3n) is 3.07.